The maximum absolute atomic E-state index is 13.5. The normalized spacial score (nSPS) is 13.6. The van der Waals surface area contributed by atoms with Crippen LogP contribution in [0.3, 0.4) is 0 Å². The van der Waals surface area contributed by atoms with Gasteiger partial charge in [0.05, 0.1) is 19.8 Å². The number of hydrogen-bond donors (Lipinski definition) is 1. The number of anilines is 1. The SMILES string of the molecule is COc1ccc(C(=O)N2CCC(Oc3cccc(NC(=O)c4cc(OC(F)(F)F)cc(C)c4-c4ccccc4)c3)CC2)cc1OC. The van der Waals surface area contributed by atoms with Gasteiger partial charge in [-0.1, -0.05) is 36.4 Å². The fraction of sp³-hybridized carbons (Fsp3) is 0.257. The van der Waals surface area contributed by atoms with Crippen LogP contribution in [0.15, 0.2) is 84.9 Å². The molecule has 0 saturated carbocycles. The van der Waals surface area contributed by atoms with Gasteiger partial charge in [-0.25, -0.2) is 0 Å². The monoisotopic (exact) mass is 634 g/mol. The number of alkyl halides is 3. The number of nitrogens with zero attached hydrogens (tertiary/aromatic N) is 1. The first kappa shape index (κ1) is 32.2. The highest BCUT2D eigenvalue weighted by Crippen LogP contribution is 2.35. The minimum atomic E-state index is -4.91. The number of carbonyl (C=O) groups excluding carboxylic acids is 2. The summed E-state index contributed by atoms with van der Waals surface area (Å²) in [7, 11) is 3.05. The molecule has 0 radical (unpaired) electrons. The molecule has 0 bridgehead atoms. The van der Waals surface area contributed by atoms with Crippen molar-refractivity contribution in [3.8, 4) is 34.1 Å². The maximum atomic E-state index is 13.5. The van der Waals surface area contributed by atoms with E-state index in [2.05, 4.69) is 10.1 Å². The Hall–Kier alpha value is -5.19. The molecular formula is C35H33F3N2O6. The molecule has 1 aliphatic heterocycles. The summed E-state index contributed by atoms with van der Waals surface area (Å²) >= 11 is 0. The summed E-state index contributed by atoms with van der Waals surface area (Å²) in [6, 6.07) is 23.2. The second-order valence-corrected chi connectivity index (χ2v) is 10.7. The van der Waals surface area contributed by atoms with Gasteiger partial charge >= 0.3 is 6.36 Å². The Morgan fingerprint density at radius 2 is 1.54 bits per heavy atom. The Morgan fingerprint density at radius 3 is 2.22 bits per heavy atom. The number of nitrogens with one attached hydrogen (secondary N) is 1. The van der Waals surface area contributed by atoms with E-state index in [1.807, 2.05) is 6.07 Å². The lowest BCUT2D eigenvalue weighted by Gasteiger charge is -2.32. The zero-order chi connectivity index (χ0) is 32.8. The van der Waals surface area contributed by atoms with Gasteiger partial charge in [-0.3, -0.25) is 9.59 Å². The van der Waals surface area contributed by atoms with Crippen LogP contribution in [0.25, 0.3) is 11.1 Å². The molecule has 5 rings (SSSR count). The van der Waals surface area contributed by atoms with E-state index >= 15 is 0 Å². The lowest BCUT2D eigenvalue weighted by Crippen LogP contribution is -2.41. The number of likely N-dealkylation sites (tertiary alicyclic amines) is 1. The summed E-state index contributed by atoms with van der Waals surface area (Å²) in [5.41, 5.74) is 2.56. The first-order chi connectivity index (χ1) is 22.0. The van der Waals surface area contributed by atoms with E-state index in [1.165, 1.54) is 20.3 Å². The van der Waals surface area contributed by atoms with Gasteiger partial charge in [0.1, 0.15) is 17.6 Å². The molecule has 1 N–H and O–H groups in total. The molecule has 46 heavy (non-hydrogen) atoms. The second-order valence-electron chi connectivity index (χ2n) is 10.7. The van der Waals surface area contributed by atoms with E-state index in [1.54, 1.807) is 78.6 Å². The van der Waals surface area contributed by atoms with Crippen LogP contribution in [0.2, 0.25) is 0 Å². The third-order valence-electron chi connectivity index (χ3n) is 7.60. The van der Waals surface area contributed by atoms with Crippen molar-refractivity contribution in [1.82, 2.24) is 4.90 Å². The van der Waals surface area contributed by atoms with E-state index in [0.717, 1.165) is 6.07 Å². The molecule has 0 unspecified atom stereocenters. The van der Waals surface area contributed by atoms with Crippen LogP contribution >= 0.6 is 0 Å². The predicted octanol–water partition coefficient (Wildman–Crippen LogP) is 7.51. The van der Waals surface area contributed by atoms with Gasteiger partial charge in [0.2, 0.25) is 0 Å². The first-order valence-electron chi connectivity index (χ1n) is 14.6. The van der Waals surface area contributed by atoms with Crippen LogP contribution in [-0.2, 0) is 0 Å². The van der Waals surface area contributed by atoms with Crippen molar-refractivity contribution in [2.75, 3.05) is 32.6 Å². The molecule has 4 aromatic rings. The zero-order valence-electron chi connectivity index (χ0n) is 25.5. The summed E-state index contributed by atoms with van der Waals surface area (Å²) in [5.74, 6) is 0.333. The number of methoxy groups -OCH3 is 2. The number of carbonyl (C=O) groups is 2. The summed E-state index contributed by atoms with van der Waals surface area (Å²) in [6.45, 7) is 2.61. The Bertz CT molecular complexity index is 1700. The van der Waals surface area contributed by atoms with Crippen LogP contribution < -0.4 is 24.3 Å². The van der Waals surface area contributed by atoms with Crippen LogP contribution in [0.4, 0.5) is 18.9 Å². The number of rotatable bonds is 9. The molecule has 0 aromatic heterocycles. The Morgan fingerprint density at radius 1 is 0.826 bits per heavy atom. The summed E-state index contributed by atoms with van der Waals surface area (Å²) in [4.78, 5) is 28.4. The smallest absolute Gasteiger partial charge is 0.493 e. The first-order valence-corrected chi connectivity index (χ1v) is 14.6. The fourth-order valence-corrected chi connectivity index (χ4v) is 5.48. The number of halogens is 3. The largest absolute Gasteiger partial charge is 0.573 e. The van der Waals surface area contributed by atoms with Gasteiger partial charge in [-0.05, 0) is 66.1 Å². The summed E-state index contributed by atoms with van der Waals surface area (Å²) in [6.07, 6.45) is -3.88. The van der Waals surface area contributed by atoms with Gasteiger partial charge in [0.25, 0.3) is 11.8 Å². The van der Waals surface area contributed by atoms with Crippen LogP contribution in [0.1, 0.15) is 39.1 Å². The molecule has 4 aromatic carbocycles. The lowest BCUT2D eigenvalue weighted by molar-refractivity contribution is -0.274. The minimum Gasteiger partial charge on any atom is -0.493 e. The Balaban J connectivity index is 1.26. The Kier molecular flexibility index (Phi) is 9.69. The van der Waals surface area contributed by atoms with Crippen molar-refractivity contribution in [3.05, 3.63) is 102 Å². The number of aryl methyl sites for hydroxylation is 1. The summed E-state index contributed by atoms with van der Waals surface area (Å²) in [5, 5.41) is 2.79. The molecule has 8 nitrogen and oxygen atoms in total. The highest BCUT2D eigenvalue weighted by molar-refractivity contribution is 6.09. The third kappa shape index (κ3) is 7.71. The van der Waals surface area contributed by atoms with E-state index in [9.17, 15) is 22.8 Å². The molecular weight excluding hydrogens is 601 g/mol. The molecule has 1 heterocycles. The molecule has 2 amide bonds. The van der Waals surface area contributed by atoms with Gasteiger partial charge in [0.15, 0.2) is 11.5 Å². The number of benzene rings is 4. The number of piperidine rings is 1. The highest BCUT2D eigenvalue weighted by Gasteiger charge is 2.32. The average molecular weight is 635 g/mol. The second kappa shape index (κ2) is 13.8. The number of ether oxygens (including phenoxy) is 4. The molecule has 11 heteroatoms. The number of amides is 2. The van der Waals surface area contributed by atoms with E-state index < -0.39 is 18.0 Å². The molecule has 1 fully saturated rings. The van der Waals surface area contributed by atoms with Crippen molar-refractivity contribution in [3.63, 3.8) is 0 Å². The molecule has 0 atom stereocenters. The van der Waals surface area contributed by atoms with Crippen molar-refractivity contribution in [1.29, 1.82) is 0 Å². The standard InChI is InChI=1S/C35H33F3N2O6/c1-22-18-28(46-35(36,37)38)21-29(32(22)23-8-5-4-6-9-23)33(41)39-25-10-7-11-27(20-25)45-26-14-16-40(17-15-26)34(42)24-12-13-30(43-2)31(19-24)44-3/h4-13,18-21,26H,14-17H2,1-3H3,(H,39,41). The predicted molar refractivity (Wildman–Crippen MR) is 167 cm³/mol. The summed E-state index contributed by atoms with van der Waals surface area (Å²) < 4.78 is 60.0. The van der Waals surface area contributed by atoms with Crippen molar-refractivity contribution in [2.45, 2.75) is 32.2 Å². The van der Waals surface area contributed by atoms with Crippen LogP contribution in [0.5, 0.6) is 23.0 Å². The molecule has 1 aliphatic rings. The molecule has 0 spiro atoms. The van der Waals surface area contributed by atoms with Gasteiger partial charge in [-0.15, -0.1) is 13.2 Å². The average Bonchev–Trinajstić information content (AvgIpc) is 3.04. The fourth-order valence-electron chi connectivity index (χ4n) is 5.48. The topological polar surface area (TPSA) is 86.3 Å². The van der Waals surface area contributed by atoms with Crippen molar-refractivity contribution >= 4 is 17.5 Å². The van der Waals surface area contributed by atoms with E-state index in [4.69, 9.17) is 14.2 Å². The molecule has 0 aliphatic carbocycles. The van der Waals surface area contributed by atoms with Gasteiger partial charge < -0.3 is 29.2 Å². The maximum Gasteiger partial charge on any atom is 0.573 e. The van der Waals surface area contributed by atoms with E-state index in [0.29, 0.717) is 71.1 Å². The van der Waals surface area contributed by atoms with Gasteiger partial charge in [-0.2, -0.15) is 0 Å². The Labute approximate surface area is 264 Å². The van der Waals surface area contributed by atoms with Crippen LogP contribution in [0, 0.1) is 6.92 Å². The van der Waals surface area contributed by atoms with E-state index in [-0.39, 0.29) is 17.6 Å². The minimum absolute atomic E-state index is 0.0308. The van der Waals surface area contributed by atoms with Crippen LogP contribution in [-0.4, -0.2) is 56.5 Å². The molecule has 240 valence electrons. The zero-order valence-corrected chi connectivity index (χ0v) is 25.5. The number of hydrogen-bond acceptors (Lipinski definition) is 6. The quantitative estimate of drug-likeness (QED) is 0.205. The highest BCUT2D eigenvalue weighted by atomic mass is 19.4. The molecule has 1 saturated heterocycles. The van der Waals surface area contributed by atoms with Crippen molar-refractivity contribution < 1.29 is 41.7 Å². The van der Waals surface area contributed by atoms with Crippen molar-refractivity contribution in [2.24, 2.45) is 0 Å². The lowest BCUT2D eigenvalue weighted by atomic mass is 9.94. The third-order valence-corrected chi connectivity index (χ3v) is 7.60. The van der Waals surface area contributed by atoms with Gasteiger partial charge in [0, 0.05) is 43.2 Å².